The molecule has 0 aliphatic heterocycles. The van der Waals surface area contributed by atoms with Crippen molar-refractivity contribution in [3.05, 3.63) is 47.8 Å². The molecule has 1 N–H and O–H groups in total. The first kappa shape index (κ1) is 10.7. The second-order valence-electron chi connectivity index (χ2n) is 4.08. The van der Waals surface area contributed by atoms with Crippen LogP contribution in [0.25, 0.3) is 0 Å². The van der Waals surface area contributed by atoms with E-state index in [-0.39, 0.29) is 0 Å². The van der Waals surface area contributed by atoms with Crippen molar-refractivity contribution in [3.63, 3.8) is 0 Å². The van der Waals surface area contributed by atoms with Crippen LogP contribution in [-0.4, -0.2) is 9.78 Å². The van der Waals surface area contributed by atoms with E-state index in [1.54, 1.807) is 0 Å². The fraction of sp³-hybridized carbons (Fsp3) is 0.308. The molecule has 0 fully saturated rings. The van der Waals surface area contributed by atoms with Crippen LogP contribution in [0, 0.1) is 6.92 Å². The van der Waals surface area contributed by atoms with Gasteiger partial charge in [0.05, 0.1) is 11.4 Å². The highest BCUT2D eigenvalue weighted by Crippen LogP contribution is 2.20. The Morgan fingerprint density at radius 2 is 1.94 bits per heavy atom. The summed E-state index contributed by atoms with van der Waals surface area (Å²) < 4.78 is 1.83. The molecule has 1 aromatic heterocycles. The molecule has 3 heteroatoms. The Balaban J connectivity index is 2.14. The van der Waals surface area contributed by atoms with Gasteiger partial charge in [-0.3, -0.25) is 4.68 Å². The van der Waals surface area contributed by atoms with Gasteiger partial charge in [-0.25, -0.2) is 0 Å². The molecule has 0 amide bonds. The van der Waals surface area contributed by atoms with Crippen molar-refractivity contribution >= 4 is 5.69 Å². The summed E-state index contributed by atoms with van der Waals surface area (Å²) in [6.45, 7) is 4.17. The molecule has 0 radical (unpaired) electrons. The number of hydrogen-bond donors (Lipinski definition) is 1. The van der Waals surface area contributed by atoms with Crippen LogP contribution in [0.1, 0.15) is 24.2 Å². The van der Waals surface area contributed by atoms with Gasteiger partial charge < -0.3 is 5.32 Å². The largest absolute Gasteiger partial charge is 0.376 e. The third kappa shape index (κ3) is 2.24. The van der Waals surface area contributed by atoms with E-state index in [1.165, 1.54) is 5.56 Å². The van der Waals surface area contributed by atoms with E-state index in [9.17, 15) is 0 Å². The van der Waals surface area contributed by atoms with Crippen LogP contribution >= 0.6 is 0 Å². The SMILES string of the molecule is Cc1nn(C)cc1NC(C)c1ccccc1. The normalized spacial score (nSPS) is 12.4. The van der Waals surface area contributed by atoms with Gasteiger partial charge in [-0.05, 0) is 19.4 Å². The van der Waals surface area contributed by atoms with Crippen LogP contribution < -0.4 is 5.32 Å². The van der Waals surface area contributed by atoms with Gasteiger partial charge in [-0.1, -0.05) is 30.3 Å². The lowest BCUT2D eigenvalue weighted by Gasteiger charge is -2.14. The maximum atomic E-state index is 4.31. The molecule has 1 unspecified atom stereocenters. The number of nitrogens with zero attached hydrogens (tertiary/aromatic N) is 2. The summed E-state index contributed by atoms with van der Waals surface area (Å²) in [5, 5.41) is 7.78. The number of anilines is 1. The summed E-state index contributed by atoms with van der Waals surface area (Å²) >= 11 is 0. The molecule has 0 spiro atoms. The van der Waals surface area contributed by atoms with E-state index in [0.717, 1.165) is 11.4 Å². The Bertz CT molecular complexity index is 459. The summed E-state index contributed by atoms with van der Waals surface area (Å²) in [6.07, 6.45) is 2.01. The van der Waals surface area contributed by atoms with Gasteiger partial charge in [-0.15, -0.1) is 0 Å². The molecule has 0 aliphatic rings. The Morgan fingerprint density at radius 3 is 2.50 bits per heavy atom. The van der Waals surface area contributed by atoms with Crippen LogP contribution in [0.4, 0.5) is 5.69 Å². The smallest absolute Gasteiger partial charge is 0.0825 e. The molecule has 2 rings (SSSR count). The zero-order chi connectivity index (χ0) is 11.5. The summed E-state index contributed by atoms with van der Waals surface area (Å²) in [4.78, 5) is 0. The molecule has 84 valence electrons. The standard InChI is InChI=1S/C13H17N3/c1-10(12-7-5-4-6-8-12)14-13-9-16(3)15-11(13)2/h4-10,14H,1-3H3. The molecule has 1 atom stereocenters. The van der Waals surface area contributed by atoms with Gasteiger partial charge in [0.2, 0.25) is 0 Å². The molecule has 1 aromatic carbocycles. The average Bonchev–Trinajstić information content (AvgIpc) is 2.59. The van der Waals surface area contributed by atoms with Crippen molar-refractivity contribution in [2.24, 2.45) is 7.05 Å². The van der Waals surface area contributed by atoms with Gasteiger partial charge in [-0.2, -0.15) is 5.10 Å². The first-order chi connectivity index (χ1) is 7.66. The molecular weight excluding hydrogens is 198 g/mol. The lowest BCUT2D eigenvalue weighted by Crippen LogP contribution is -2.06. The van der Waals surface area contributed by atoms with Gasteiger partial charge in [0.25, 0.3) is 0 Å². The minimum atomic E-state index is 0.295. The zero-order valence-corrected chi connectivity index (χ0v) is 9.94. The van der Waals surface area contributed by atoms with Gasteiger partial charge >= 0.3 is 0 Å². The average molecular weight is 215 g/mol. The predicted molar refractivity (Wildman–Crippen MR) is 66.4 cm³/mol. The molecular formula is C13H17N3. The van der Waals surface area contributed by atoms with E-state index in [1.807, 2.05) is 30.9 Å². The number of hydrogen-bond acceptors (Lipinski definition) is 2. The maximum absolute atomic E-state index is 4.31. The fourth-order valence-electron chi connectivity index (χ4n) is 1.80. The van der Waals surface area contributed by atoms with Crippen LogP contribution in [0.15, 0.2) is 36.5 Å². The summed E-state index contributed by atoms with van der Waals surface area (Å²) in [5.74, 6) is 0. The lowest BCUT2D eigenvalue weighted by atomic mass is 10.1. The third-order valence-electron chi connectivity index (χ3n) is 2.69. The number of rotatable bonds is 3. The van der Waals surface area contributed by atoms with Gasteiger partial charge in [0, 0.05) is 19.3 Å². The number of benzene rings is 1. The van der Waals surface area contributed by atoms with Crippen LogP contribution in [-0.2, 0) is 7.05 Å². The highest BCUT2D eigenvalue weighted by molar-refractivity contribution is 5.47. The number of nitrogens with one attached hydrogen (secondary N) is 1. The Morgan fingerprint density at radius 1 is 1.25 bits per heavy atom. The molecule has 0 aliphatic carbocycles. The number of aromatic nitrogens is 2. The lowest BCUT2D eigenvalue weighted by molar-refractivity contribution is 0.756. The monoisotopic (exact) mass is 215 g/mol. The summed E-state index contributed by atoms with van der Waals surface area (Å²) in [7, 11) is 1.94. The topological polar surface area (TPSA) is 29.9 Å². The minimum absolute atomic E-state index is 0.295. The van der Waals surface area contributed by atoms with E-state index in [4.69, 9.17) is 0 Å². The van der Waals surface area contributed by atoms with E-state index in [0.29, 0.717) is 6.04 Å². The van der Waals surface area contributed by atoms with E-state index in [2.05, 4.69) is 41.6 Å². The van der Waals surface area contributed by atoms with Crippen molar-refractivity contribution in [1.82, 2.24) is 9.78 Å². The third-order valence-corrected chi connectivity index (χ3v) is 2.69. The molecule has 0 saturated carbocycles. The Hall–Kier alpha value is -1.77. The summed E-state index contributed by atoms with van der Waals surface area (Å²) in [5.41, 5.74) is 3.41. The molecule has 16 heavy (non-hydrogen) atoms. The molecule has 0 bridgehead atoms. The first-order valence-electron chi connectivity index (χ1n) is 5.48. The Labute approximate surface area is 96.1 Å². The first-order valence-corrected chi connectivity index (χ1v) is 5.48. The second kappa shape index (κ2) is 4.39. The zero-order valence-electron chi connectivity index (χ0n) is 9.94. The predicted octanol–water partition coefficient (Wildman–Crippen LogP) is 2.90. The fourth-order valence-corrected chi connectivity index (χ4v) is 1.80. The van der Waals surface area contributed by atoms with Crippen LogP contribution in [0.2, 0.25) is 0 Å². The number of aryl methyl sites for hydroxylation is 2. The van der Waals surface area contributed by atoms with Crippen molar-refractivity contribution < 1.29 is 0 Å². The van der Waals surface area contributed by atoms with E-state index < -0.39 is 0 Å². The van der Waals surface area contributed by atoms with Crippen LogP contribution in [0.3, 0.4) is 0 Å². The van der Waals surface area contributed by atoms with Crippen molar-refractivity contribution in [1.29, 1.82) is 0 Å². The molecule has 2 aromatic rings. The second-order valence-corrected chi connectivity index (χ2v) is 4.08. The molecule has 0 saturated heterocycles. The minimum Gasteiger partial charge on any atom is -0.376 e. The van der Waals surface area contributed by atoms with Crippen LogP contribution in [0.5, 0.6) is 0 Å². The van der Waals surface area contributed by atoms with Gasteiger partial charge in [0.1, 0.15) is 0 Å². The summed E-state index contributed by atoms with van der Waals surface area (Å²) in [6, 6.07) is 10.7. The highest BCUT2D eigenvalue weighted by atomic mass is 15.3. The van der Waals surface area contributed by atoms with Crippen molar-refractivity contribution in [2.75, 3.05) is 5.32 Å². The molecule has 3 nitrogen and oxygen atoms in total. The quantitative estimate of drug-likeness (QED) is 0.853. The van der Waals surface area contributed by atoms with Gasteiger partial charge in [0.15, 0.2) is 0 Å². The highest BCUT2D eigenvalue weighted by Gasteiger charge is 2.08. The molecule has 1 heterocycles. The van der Waals surface area contributed by atoms with E-state index >= 15 is 0 Å². The Kier molecular flexibility index (Phi) is 2.95. The maximum Gasteiger partial charge on any atom is 0.0825 e. The van der Waals surface area contributed by atoms with Crippen molar-refractivity contribution in [3.8, 4) is 0 Å². The van der Waals surface area contributed by atoms with Crippen molar-refractivity contribution in [2.45, 2.75) is 19.9 Å².